The van der Waals surface area contributed by atoms with Gasteiger partial charge in [-0.15, -0.1) is 0 Å². The Labute approximate surface area is 223 Å². The van der Waals surface area contributed by atoms with Crippen LogP contribution in [0.1, 0.15) is 61.0 Å². The molecule has 0 amide bonds. The van der Waals surface area contributed by atoms with Crippen LogP contribution in [0.2, 0.25) is 0 Å². The van der Waals surface area contributed by atoms with Crippen LogP contribution in [0.3, 0.4) is 0 Å². The van der Waals surface area contributed by atoms with Crippen molar-refractivity contribution in [1.29, 1.82) is 0 Å². The summed E-state index contributed by atoms with van der Waals surface area (Å²) in [5.41, 5.74) is -1.57. The standard InChI is InChI=1S/C32H22N2O5/c35-28-19-10-1-2-11-20(19)29(36)31(28)27(21-12-3-4-15-24(21)34(38)39)25-16-7-17-33(25)32(31)23-14-6-9-18-8-5-13-22(26(18)23)30(32)37/h1-6,8-15,25,27H,7,16-17H2/t25-,27-,32?/m1/s1. The van der Waals surface area contributed by atoms with E-state index in [9.17, 15) is 24.5 Å². The highest BCUT2D eigenvalue weighted by Crippen LogP contribution is 2.71. The van der Waals surface area contributed by atoms with E-state index in [0.29, 0.717) is 29.7 Å². The smallest absolute Gasteiger partial charge is 0.272 e. The molecular formula is C32H22N2O5. The topological polar surface area (TPSA) is 97.6 Å². The minimum absolute atomic E-state index is 0.136. The lowest BCUT2D eigenvalue weighted by Crippen LogP contribution is -2.60. The quantitative estimate of drug-likeness (QED) is 0.200. The molecule has 2 heterocycles. The van der Waals surface area contributed by atoms with Gasteiger partial charge in [-0.25, -0.2) is 0 Å². The van der Waals surface area contributed by atoms with Crippen LogP contribution in [0.5, 0.6) is 0 Å². The van der Waals surface area contributed by atoms with Gasteiger partial charge < -0.3 is 0 Å². The molecule has 0 radical (unpaired) electrons. The van der Waals surface area contributed by atoms with E-state index in [2.05, 4.69) is 4.90 Å². The molecule has 2 spiro atoms. The van der Waals surface area contributed by atoms with Crippen molar-refractivity contribution in [3.8, 4) is 0 Å². The summed E-state index contributed by atoms with van der Waals surface area (Å²) < 4.78 is 0. The average molecular weight is 515 g/mol. The number of benzene rings is 4. The van der Waals surface area contributed by atoms with Crippen LogP contribution in [0, 0.1) is 15.5 Å². The van der Waals surface area contributed by atoms with E-state index < -0.39 is 39.4 Å². The van der Waals surface area contributed by atoms with Crippen molar-refractivity contribution in [1.82, 2.24) is 4.90 Å². The zero-order valence-electron chi connectivity index (χ0n) is 20.8. The van der Waals surface area contributed by atoms with Gasteiger partial charge in [0.2, 0.25) is 0 Å². The minimum atomic E-state index is -1.88. The number of nitro groups is 1. The minimum Gasteiger partial charge on any atom is -0.293 e. The van der Waals surface area contributed by atoms with E-state index >= 15 is 0 Å². The number of Topliss-reactive ketones (excluding diaryl/α,β-unsaturated/α-hetero) is 3. The van der Waals surface area contributed by atoms with Gasteiger partial charge in [0.15, 0.2) is 17.3 Å². The first-order chi connectivity index (χ1) is 19.0. The monoisotopic (exact) mass is 514 g/mol. The lowest BCUT2D eigenvalue weighted by atomic mass is 9.56. The molecule has 7 nitrogen and oxygen atoms in total. The normalized spacial score (nSPS) is 26.2. The Morgan fingerprint density at radius 1 is 0.769 bits per heavy atom. The van der Waals surface area contributed by atoms with Crippen molar-refractivity contribution in [2.75, 3.05) is 6.54 Å². The van der Waals surface area contributed by atoms with Gasteiger partial charge in [-0.1, -0.05) is 78.9 Å². The first-order valence-corrected chi connectivity index (χ1v) is 13.2. The van der Waals surface area contributed by atoms with E-state index in [1.54, 1.807) is 48.5 Å². The summed E-state index contributed by atoms with van der Waals surface area (Å²) in [6.45, 7) is 0.510. The SMILES string of the molecule is O=C1c2ccccc2C(=O)C12[C@H](c1ccccc1[N+](=O)[O-])[C@H]1CCCN1C21C(=O)c2cccc3cccc1c23. The maximum absolute atomic E-state index is 15.0. The fourth-order valence-corrected chi connectivity index (χ4v) is 8.50. The molecule has 190 valence electrons. The number of carbonyl (C=O) groups is 3. The summed E-state index contributed by atoms with van der Waals surface area (Å²) in [7, 11) is 0. The molecule has 39 heavy (non-hydrogen) atoms. The Balaban J connectivity index is 1.56. The molecule has 1 unspecified atom stereocenters. The number of carbonyl (C=O) groups excluding carboxylic acids is 3. The fraction of sp³-hybridized carbons (Fsp3) is 0.219. The maximum Gasteiger partial charge on any atom is 0.272 e. The van der Waals surface area contributed by atoms with Gasteiger partial charge in [-0.05, 0) is 35.7 Å². The molecule has 2 aliphatic carbocycles. The van der Waals surface area contributed by atoms with E-state index in [-0.39, 0.29) is 22.6 Å². The Kier molecular flexibility index (Phi) is 4.23. The molecule has 4 aromatic rings. The number of hydrogen-bond donors (Lipinski definition) is 0. The molecule has 4 aliphatic rings. The second kappa shape index (κ2) is 7.33. The van der Waals surface area contributed by atoms with E-state index in [1.807, 2.05) is 30.3 Å². The molecule has 2 fully saturated rings. The van der Waals surface area contributed by atoms with Crippen molar-refractivity contribution < 1.29 is 19.3 Å². The van der Waals surface area contributed by atoms with Gasteiger partial charge in [0, 0.05) is 40.3 Å². The highest BCUT2D eigenvalue weighted by atomic mass is 16.6. The zero-order chi connectivity index (χ0) is 26.7. The molecule has 3 atom stereocenters. The van der Waals surface area contributed by atoms with E-state index in [0.717, 1.165) is 17.2 Å². The lowest BCUT2D eigenvalue weighted by Gasteiger charge is -2.44. The van der Waals surface area contributed by atoms with Crippen LogP contribution in [0.4, 0.5) is 5.69 Å². The zero-order valence-corrected chi connectivity index (χ0v) is 20.8. The summed E-state index contributed by atoms with van der Waals surface area (Å²) in [5, 5.41) is 13.9. The number of rotatable bonds is 2. The molecule has 0 bridgehead atoms. The van der Waals surface area contributed by atoms with Crippen LogP contribution in [0.25, 0.3) is 10.8 Å². The Morgan fingerprint density at radius 3 is 2.13 bits per heavy atom. The Hall–Kier alpha value is -4.49. The highest BCUT2D eigenvalue weighted by molar-refractivity contribution is 6.36. The fourth-order valence-electron chi connectivity index (χ4n) is 8.50. The van der Waals surface area contributed by atoms with Crippen molar-refractivity contribution in [2.24, 2.45) is 5.41 Å². The molecule has 0 saturated carbocycles. The van der Waals surface area contributed by atoms with Gasteiger partial charge in [-0.3, -0.25) is 29.4 Å². The van der Waals surface area contributed by atoms with Crippen LogP contribution in [0.15, 0.2) is 84.9 Å². The average Bonchev–Trinajstić information content (AvgIpc) is 3.65. The van der Waals surface area contributed by atoms with E-state index in [4.69, 9.17) is 0 Å². The van der Waals surface area contributed by atoms with E-state index in [1.165, 1.54) is 6.07 Å². The van der Waals surface area contributed by atoms with Crippen LogP contribution in [-0.2, 0) is 5.54 Å². The first kappa shape index (κ1) is 22.5. The third kappa shape index (κ3) is 2.29. The van der Waals surface area contributed by atoms with Gasteiger partial charge >= 0.3 is 0 Å². The maximum atomic E-state index is 15.0. The molecule has 4 aromatic carbocycles. The third-order valence-electron chi connectivity index (χ3n) is 9.62. The van der Waals surface area contributed by atoms with Crippen molar-refractivity contribution >= 4 is 33.8 Å². The predicted octanol–water partition coefficient (Wildman–Crippen LogP) is 5.47. The van der Waals surface area contributed by atoms with Crippen molar-refractivity contribution in [2.45, 2.75) is 30.3 Å². The Morgan fingerprint density at radius 2 is 1.41 bits per heavy atom. The van der Waals surface area contributed by atoms with Gasteiger partial charge in [-0.2, -0.15) is 0 Å². The van der Waals surface area contributed by atoms with Crippen LogP contribution >= 0.6 is 0 Å². The number of nitrogens with zero attached hydrogens (tertiary/aromatic N) is 2. The number of para-hydroxylation sites is 1. The van der Waals surface area contributed by atoms with Gasteiger partial charge in [0.05, 0.1) is 4.92 Å². The summed E-state index contributed by atoms with van der Waals surface area (Å²) in [6, 6.07) is 23.9. The Bertz CT molecular complexity index is 1790. The molecule has 0 aromatic heterocycles. The highest BCUT2D eigenvalue weighted by Gasteiger charge is 2.82. The predicted molar refractivity (Wildman–Crippen MR) is 143 cm³/mol. The summed E-state index contributed by atoms with van der Waals surface area (Å²) >= 11 is 0. The molecule has 7 heteroatoms. The van der Waals surface area contributed by atoms with Gasteiger partial charge in [0.1, 0.15) is 11.0 Å². The molecular weight excluding hydrogens is 492 g/mol. The third-order valence-corrected chi connectivity index (χ3v) is 9.62. The second-order valence-corrected chi connectivity index (χ2v) is 11.0. The summed E-state index contributed by atoms with van der Waals surface area (Å²) in [6.07, 6.45) is 1.38. The summed E-state index contributed by atoms with van der Waals surface area (Å²) in [4.78, 5) is 58.8. The van der Waals surface area contributed by atoms with Crippen LogP contribution < -0.4 is 0 Å². The number of nitro benzene ring substituents is 1. The first-order valence-electron chi connectivity index (χ1n) is 13.2. The number of hydrogen-bond acceptors (Lipinski definition) is 6. The summed E-state index contributed by atoms with van der Waals surface area (Å²) in [5.74, 6) is -1.98. The number of ketones is 3. The van der Waals surface area contributed by atoms with Gasteiger partial charge in [0.25, 0.3) is 5.69 Å². The van der Waals surface area contributed by atoms with Crippen molar-refractivity contribution in [3.05, 3.63) is 123 Å². The molecule has 2 saturated heterocycles. The molecule has 0 N–H and O–H groups in total. The van der Waals surface area contributed by atoms with Crippen molar-refractivity contribution in [3.63, 3.8) is 0 Å². The largest absolute Gasteiger partial charge is 0.293 e. The van der Waals surface area contributed by atoms with Crippen LogP contribution in [-0.4, -0.2) is 39.8 Å². The molecule has 2 aliphatic heterocycles. The number of fused-ring (bicyclic) bond motifs is 5. The lowest BCUT2D eigenvalue weighted by molar-refractivity contribution is -0.385. The molecule has 8 rings (SSSR count). The second-order valence-electron chi connectivity index (χ2n) is 11.0.